The van der Waals surface area contributed by atoms with E-state index in [1.54, 1.807) is 0 Å². The van der Waals surface area contributed by atoms with E-state index in [2.05, 4.69) is 79.1 Å². The smallest absolute Gasteiger partial charge is 0.171 e. The van der Waals surface area contributed by atoms with E-state index in [0.29, 0.717) is 11.0 Å². The second-order valence-corrected chi connectivity index (χ2v) is 7.42. The fourth-order valence-corrected chi connectivity index (χ4v) is 3.87. The lowest BCUT2D eigenvalue weighted by atomic mass is 9.88. The molecule has 1 aliphatic carbocycles. The second-order valence-electron chi connectivity index (χ2n) is 7.01. The highest BCUT2D eigenvalue weighted by Gasteiger charge is 2.36. The van der Waals surface area contributed by atoms with Crippen LogP contribution in [0.4, 0.5) is 5.69 Å². The van der Waals surface area contributed by atoms with Crippen molar-refractivity contribution in [3.05, 3.63) is 65.7 Å². The van der Waals surface area contributed by atoms with Gasteiger partial charge in [0.15, 0.2) is 5.11 Å². The van der Waals surface area contributed by atoms with Gasteiger partial charge in [-0.25, -0.2) is 0 Å². The van der Waals surface area contributed by atoms with Gasteiger partial charge in [-0.1, -0.05) is 69.2 Å². The largest absolute Gasteiger partial charge is 0.353 e. The summed E-state index contributed by atoms with van der Waals surface area (Å²) in [6.07, 6.45) is 4.75. The van der Waals surface area contributed by atoms with Gasteiger partial charge in [-0.2, -0.15) is 0 Å². The summed E-state index contributed by atoms with van der Waals surface area (Å²) in [7, 11) is 0. The van der Waals surface area contributed by atoms with Gasteiger partial charge in [0.1, 0.15) is 0 Å². The van der Waals surface area contributed by atoms with Gasteiger partial charge in [0, 0.05) is 5.69 Å². The number of hydrogen-bond acceptors (Lipinski definition) is 1. The molecule has 0 radical (unpaired) electrons. The van der Waals surface area contributed by atoms with Crippen LogP contribution < -0.4 is 10.6 Å². The number of thiocarbonyl (C=S) groups is 1. The molecule has 0 unspecified atom stereocenters. The Morgan fingerprint density at radius 2 is 1.58 bits per heavy atom. The van der Waals surface area contributed by atoms with Crippen LogP contribution in [-0.4, -0.2) is 5.11 Å². The molecule has 0 aromatic heterocycles. The van der Waals surface area contributed by atoms with Crippen LogP contribution in [0.3, 0.4) is 0 Å². The normalized spacial score (nSPS) is 16.1. The predicted molar refractivity (Wildman–Crippen MR) is 106 cm³/mol. The van der Waals surface area contributed by atoms with Crippen molar-refractivity contribution < 1.29 is 0 Å². The van der Waals surface area contributed by atoms with Crippen molar-refractivity contribution in [1.82, 2.24) is 5.32 Å². The molecule has 1 fully saturated rings. The van der Waals surface area contributed by atoms with E-state index in [1.165, 1.54) is 24.0 Å². The van der Waals surface area contributed by atoms with Gasteiger partial charge in [0.05, 0.1) is 5.54 Å². The highest BCUT2D eigenvalue weighted by atomic mass is 32.1. The molecule has 0 spiro atoms. The Morgan fingerprint density at radius 1 is 0.958 bits per heavy atom. The third-order valence-corrected chi connectivity index (χ3v) is 5.18. The van der Waals surface area contributed by atoms with Gasteiger partial charge < -0.3 is 10.6 Å². The molecule has 1 saturated carbocycles. The minimum atomic E-state index is -0.0246. The van der Waals surface area contributed by atoms with Crippen LogP contribution in [0.5, 0.6) is 0 Å². The SMILES string of the molecule is CC(C)c1ccc(NC(=S)NC2(c3ccccc3)CCCC2)cc1. The van der Waals surface area contributed by atoms with Gasteiger partial charge in [-0.05, 0) is 54.2 Å². The molecule has 3 rings (SSSR count). The first-order valence-corrected chi connectivity index (χ1v) is 9.24. The molecule has 3 heteroatoms. The topological polar surface area (TPSA) is 24.1 Å². The number of anilines is 1. The molecule has 2 aromatic rings. The monoisotopic (exact) mass is 338 g/mol. The summed E-state index contributed by atoms with van der Waals surface area (Å²) in [4.78, 5) is 0. The fourth-order valence-electron chi connectivity index (χ4n) is 3.55. The van der Waals surface area contributed by atoms with E-state index in [-0.39, 0.29) is 5.54 Å². The van der Waals surface area contributed by atoms with E-state index < -0.39 is 0 Å². The maximum atomic E-state index is 5.61. The van der Waals surface area contributed by atoms with E-state index in [4.69, 9.17) is 12.2 Å². The van der Waals surface area contributed by atoms with E-state index >= 15 is 0 Å². The molecule has 0 saturated heterocycles. The lowest BCUT2D eigenvalue weighted by Gasteiger charge is -2.32. The zero-order valence-corrected chi connectivity index (χ0v) is 15.3. The quantitative estimate of drug-likeness (QED) is 0.713. The number of benzene rings is 2. The van der Waals surface area contributed by atoms with Crippen molar-refractivity contribution in [3.63, 3.8) is 0 Å². The average Bonchev–Trinajstić information content (AvgIpc) is 3.05. The Morgan fingerprint density at radius 3 is 2.17 bits per heavy atom. The lowest BCUT2D eigenvalue weighted by molar-refractivity contribution is 0.408. The maximum Gasteiger partial charge on any atom is 0.171 e. The van der Waals surface area contributed by atoms with Crippen molar-refractivity contribution in [2.24, 2.45) is 0 Å². The molecule has 2 nitrogen and oxygen atoms in total. The summed E-state index contributed by atoms with van der Waals surface area (Å²) in [5.74, 6) is 0.545. The number of nitrogens with one attached hydrogen (secondary N) is 2. The summed E-state index contributed by atoms with van der Waals surface area (Å²) < 4.78 is 0. The molecule has 24 heavy (non-hydrogen) atoms. The summed E-state index contributed by atoms with van der Waals surface area (Å²) >= 11 is 5.61. The van der Waals surface area contributed by atoms with Gasteiger partial charge in [0.25, 0.3) is 0 Å². The Labute approximate surface area is 150 Å². The Bertz CT molecular complexity index is 671. The van der Waals surface area contributed by atoms with E-state index in [9.17, 15) is 0 Å². The van der Waals surface area contributed by atoms with Crippen LogP contribution in [0.1, 0.15) is 56.6 Å². The summed E-state index contributed by atoms with van der Waals surface area (Å²) in [5.41, 5.74) is 3.69. The van der Waals surface area contributed by atoms with Crippen LogP contribution in [0.25, 0.3) is 0 Å². The van der Waals surface area contributed by atoms with Gasteiger partial charge in [-0.3, -0.25) is 0 Å². The fraction of sp³-hybridized carbons (Fsp3) is 0.381. The summed E-state index contributed by atoms with van der Waals surface area (Å²) in [6, 6.07) is 19.2. The van der Waals surface area contributed by atoms with Crippen molar-refractivity contribution in [3.8, 4) is 0 Å². The number of rotatable bonds is 4. The van der Waals surface area contributed by atoms with Crippen molar-refractivity contribution in [2.75, 3.05) is 5.32 Å². The van der Waals surface area contributed by atoms with Gasteiger partial charge >= 0.3 is 0 Å². The zero-order valence-electron chi connectivity index (χ0n) is 14.5. The average molecular weight is 339 g/mol. The molecule has 0 heterocycles. The molecular formula is C21H26N2S. The van der Waals surface area contributed by atoms with Crippen LogP contribution in [0, 0.1) is 0 Å². The van der Waals surface area contributed by atoms with Crippen molar-refractivity contribution >= 4 is 23.0 Å². The van der Waals surface area contributed by atoms with Gasteiger partial charge in [0.2, 0.25) is 0 Å². The summed E-state index contributed by atoms with van der Waals surface area (Å²) in [6.45, 7) is 4.41. The van der Waals surface area contributed by atoms with Crippen molar-refractivity contribution in [1.29, 1.82) is 0 Å². The highest BCUT2D eigenvalue weighted by molar-refractivity contribution is 7.80. The lowest BCUT2D eigenvalue weighted by Crippen LogP contribution is -2.45. The third kappa shape index (κ3) is 3.78. The molecule has 0 atom stereocenters. The second kappa shape index (κ2) is 7.35. The Kier molecular flexibility index (Phi) is 5.20. The van der Waals surface area contributed by atoms with E-state index in [0.717, 1.165) is 18.5 Å². The Hall–Kier alpha value is -1.87. The highest BCUT2D eigenvalue weighted by Crippen LogP contribution is 2.38. The van der Waals surface area contributed by atoms with Crippen LogP contribution >= 0.6 is 12.2 Å². The zero-order chi connectivity index (χ0) is 17.0. The minimum absolute atomic E-state index is 0.0246. The maximum absolute atomic E-state index is 5.61. The first-order chi connectivity index (χ1) is 11.6. The summed E-state index contributed by atoms with van der Waals surface area (Å²) in [5, 5.41) is 7.67. The molecule has 1 aliphatic rings. The standard InChI is InChI=1S/C21H26N2S/c1-16(2)17-10-12-19(13-11-17)22-20(24)23-21(14-6-7-15-21)18-8-4-3-5-9-18/h3-5,8-13,16H,6-7,14-15H2,1-2H3,(H2,22,23,24). The molecule has 0 aliphatic heterocycles. The van der Waals surface area contributed by atoms with Crippen LogP contribution in [0.2, 0.25) is 0 Å². The third-order valence-electron chi connectivity index (χ3n) is 4.97. The Balaban J connectivity index is 1.70. The molecule has 2 N–H and O–H groups in total. The van der Waals surface area contributed by atoms with Crippen LogP contribution in [-0.2, 0) is 5.54 Å². The molecule has 0 bridgehead atoms. The predicted octanol–water partition coefficient (Wildman–Crippen LogP) is 5.57. The van der Waals surface area contributed by atoms with Crippen LogP contribution in [0.15, 0.2) is 54.6 Å². The first kappa shape index (κ1) is 17.0. The molecule has 2 aromatic carbocycles. The minimum Gasteiger partial charge on any atom is -0.353 e. The first-order valence-electron chi connectivity index (χ1n) is 8.84. The van der Waals surface area contributed by atoms with Gasteiger partial charge in [-0.15, -0.1) is 0 Å². The molecule has 0 amide bonds. The number of hydrogen-bond donors (Lipinski definition) is 2. The van der Waals surface area contributed by atoms with Crippen molar-refractivity contribution in [2.45, 2.75) is 51.0 Å². The van der Waals surface area contributed by atoms with E-state index in [1.807, 2.05) is 0 Å². The molecule has 126 valence electrons. The molecular weight excluding hydrogens is 312 g/mol.